The second-order valence-corrected chi connectivity index (χ2v) is 9.29. The Bertz CT molecular complexity index is 1600. The van der Waals surface area contributed by atoms with Gasteiger partial charge in [-0.25, -0.2) is 24.1 Å². The number of aromatic nitrogens is 4. The molecular formula is C26H22FN5O4S. The molecule has 0 aliphatic heterocycles. The van der Waals surface area contributed by atoms with Gasteiger partial charge in [-0.15, -0.1) is 11.3 Å². The third-order valence-corrected chi connectivity index (χ3v) is 6.39. The maximum Gasteiger partial charge on any atom is 0.412 e. The van der Waals surface area contributed by atoms with Crippen molar-refractivity contribution < 1.29 is 23.4 Å². The lowest BCUT2D eigenvalue weighted by atomic mass is 10.1. The first-order chi connectivity index (χ1) is 17.9. The van der Waals surface area contributed by atoms with Gasteiger partial charge in [0.15, 0.2) is 11.6 Å². The van der Waals surface area contributed by atoms with E-state index in [1.54, 1.807) is 44.6 Å². The molecule has 0 fully saturated rings. The highest BCUT2D eigenvalue weighted by Gasteiger charge is 2.17. The van der Waals surface area contributed by atoms with Crippen molar-refractivity contribution in [3.63, 3.8) is 0 Å². The number of pyridine rings is 1. The van der Waals surface area contributed by atoms with Gasteiger partial charge in [-0.1, -0.05) is 0 Å². The first kappa shape index (κ1) is 24.3. The van der Waals surface area contributed by atoms with Gasteiger partial charge in [-0.3, -0.25) is 10.3 Å². The number of thiazole rings is 1. The number of rotatable bonds is 7. The lowest BCUT2D eigenvalue weighted by Gasteiger charge is -2.15. The molecule has 0 saturated heterocycles. The number of carbonyl (C=O) groups is 1. The summed E-state index contributed by atoms with van der Waals surface area (Å²) in [5.41, 5.74) is 4.16. The van der Waals surface area contributed by atoms with Crippen molar-refractivity contribution >= 4 is 44.4 Å². The summed E-state index contributed by atoms with van der Waals surface area (Å²) in [4.78, 5) is 29.6. The zero-order chi connectivity index (χ0) is 25.9. The lowest BCUT2D eigenvalue weighted by molar-refractivity contribution is 0.0844. The van der Waals surface area contributed by atoms with E-state index < -0.39 is 18.0 Å². The first-order valence-electron chi connectivity index (χ1n) is 11.3. The lowest BCUT2D eigenvalue weighted by Crippen LogP contribution is -2.25. The number of aryl methyl sites for hydroxylation is 1. The molecule has 0 saturated carbocycles. The molecular weight excluding hydrogens is 497 g/mol. The van der Waals surface area contributed by atoms with Gasteiger partial charge >= 0.3 is 6.09 Å². The standard InChI is InChI=1S/C26H22FN5O4S/c1-14-7-17(24-20(8-14)31-23(34-3)12-29-24)25-32-19-9-18(27)21(10-22(19)37-25)35-13-15(2)36-26(33)30-16-5-4-6-28-11-16/h4-12,15H,13H2,1-3H3,(H,30,33)/t15-/m0/s1. The molecule has 2 aromatic carbocycles. The number of methoxy groups -OCH3 is 1. The molecule has 5 rings (SSSR count). The molecule has 5 aromatic rings. The summed E-state index contributed by atoms with van der Waals surface area (Å²) >= 11 is 1.39. The van der Waals surface area contributed by atoms with Crippen LogP contribution >= 0.6 is 11.3 Å². The Kier molecular flexibility index (Phi) is 6.78. The average Bonchev–Trinajstić information content (AvgIpc) is 3.29. The molecule has 1 N–H and O–H groups in total. The number of halogens is 1. The Morgan fingerprint density at radius 3 is 2.81 bits per heavy atom. The summed E-state index contributed by atoms with van der Waals surface area (Å²) in [5.74, 6) is -0.0931. The summed E-state index contributed by atoms with van der Waals surface area (Å²) in [7, 11) is 1.54. The van der Waals surface area contributed by atoms with E-state index >= 15 is 0 Å². The van der Waals surface area contributed by atoms with Crippen LogP contribution in [-0.2, 0) is 4.74 Å². The molecule has 0 unspecified atom stereocenters. The van der Waals surface area contributed by atoms with Gasteiger partial charge < -0.3 is 14.2 Å². The zero-order valence-electron chi connectivity index (χ0n) is 20.2. The maximum atomic E-state index is 14.8. The third kappa shape index (κ3) is 5.41. The normalized spacial score (nSPS) is 11.9. The second-order valence-electron chi connectivity index (χ2n) is 8.26. The van der Waals surface area contributed by atoms with E-state index in [1.165, 1.54) is 23.6 Å². The Labute approximate surface area is 215 Å². The van der Waals surface area contributed by atoms with Crippen LogP contribution in [-0.4, -0.2) is 45.8 Å². The quantitative estimate of drug-likeness (QED) is 0.289. The number of fused-ring (bicyclic) bond motifs is 2. The van der Waals surface area contributed by atoms with E-state index in [0.29, 0.717) is 33.1 Å². The Hall–Kier alpha value is -4.38. The second kappa shape index (κ2) is 10.3. The molecule has 1 amide bonds. The SMILES string of the molecule is COc1cnc2c(-c3nc4cc(F)c(OC[C@H](C)OC(=O)Nc5cccnc5)cc4s3)cc(C)cc2n1. The monoisotopic (exact) mass is 519 g/mol. The fourth-order valence-electron chi connectivity index (χ4n) is 3.67. The summed E-state index contributed by atoms with van der Waals surface area (Å²) in [6, 6.07) is 10.2. The van der Waals surface area contributed by atoms with Crippen LogP contribution in [0.4, 0.5) is 14.9 Å². The Balaban J connectivity index is 1.33. The predicted molar refractivity (Wildman–Crippen MR) is 139 cm³/mol. The van der Waals surface area contributed by atoms with Gasteiger partial charge in [0.2, 0.25) is 5.88 Å². The van der Waals surface area contributed by atoms with Crippen molar-refractivity contribution in [1.82, 2.24) is 19.9 Å². The molecule has 9 nitrogen and oxygen atoms in total. The molecule has 188 valence electrons. The minimum absolute atomic E-state index is 0.0332. The van der Waals surface area contributed by atoms with Gasteiger partial charge in [-0.05, 0) is 43.7 Å². The third-order valence-electron chi connectivity index (χ3n) is 5.34. The van der Waals surface area contributed by atoms with Crippen molar-refractivity contribution in [2.45, 2.75) is 20.0 Å². The van der Waals surface area contributed by atoms with Crippen molar-refractivity contribution in [2.75, 3.05) is 19.0 Å². The highest BCUT2D eigenvalue weighted by molar-refractivity contribution is 7.21. The highest BCUT2D eigenvalue weighted by atomic mass is 32.1. The van der Waals surface area contributed by atoms with Crippen LogP contribution in [0.3, 0.4) is 0 Å². The predicted octanol–water partition coefficient (Wildman–Crippen LogP) is 5.77. The molecule has 1 atom stereocenters. The largest absolute Gasteiger partial charge is 0.487 e. The van der Waals surface area contributed by atoms with Gasteiger partial charge in [0.1, 0.15) is 17.7 Å². The number of amides is 1. The molecule has 0 bridgehead atoms. The van der Waals surface area contributed by atoms with Crippen LogP contribution in [0, 0.1) is 12.7 Å². The van der Waals surface area contributed by atoms with Crippen LogP contribution < -0.4 is 14.8 Å². The molecule has 3 aromatic heterocycles. The number of benzene rings is 2. The molecule has 0 spiro atoms. The van der Waals surface area contributed by atoms with E-state index in [4.69, 9.17) is 14.2 Å². The fourth-order valence-corrected chi connectivity index (χ4v) is 4.67. The maximum absolute atomic E-state index is 14.8. The van der Waals surface area contributed by atoms with E-state index in [2.05, 4.69) is 25.3 Å². The van der Waals surface area contributed by atoms with Gasteiger partial charge in [0.25, 0.3) is 0 Å². The highest BCUT2D eigenvalue weighted by Crippen LogP contribution is 2.37. The van der Waals surface area contributed by atoms with Crippen LogP contribution in [0.1, 0.15) is 12.5 Å². The number of carbonyl (C=O) groups excluding carboxylic acids is 1. The number of nitrogens with one attached hydrogen (secondary N) is 1. The smallest absolute Gasteiger partial charge is 0.412 e. The fraction of sp³-hybridized carbons (Fsp3) is 0.192. The minimum atomic E-state index is -0.654. The summed E-state index contributed by atoms with van der Waals surface area (Å²) < 4.78 is 31.7. The Morgan fingerprint density at radius 1 is 1.16 bits per heavy atom. The van der Waals surface area contributed by atoms with E-state index in [9.17, 15) is 9.18 Å². The Morgan fingerprint density at radius 2 is 2.03 bits per heavy atom. The summed E-state index contributed by atoms with van der Waals surface area (Å²) in [6.45, 7) is 3.58. The first-order valence-corrected chi connectivity index (χ1v) is 12.1. The van der Waals surface area contributed by atoms with Crippen LogP contribution in [0.15, 0.2) is 55.0 Å². The molecule has 3 heterocycles. The van der Waals surface area contributed by atoms with Crippen molar-refractivity contribution in [1.29, 1.82) is 0 Å². The zero-order valence-corrected chi connectivity index (χ0v) is 21.0. The van der Waals surface area contributed by atoms with Crippen LogP contribution in [0.25, 0.3) is 31.8 Å². The number of anilines is 1. The van der Waals surface area contributed by atoms with E-state index in [0.717, 1.165) is 15.8 Å². The number of nitrogens with zero attached hydrogens (tertiary/aromatic N) is 4. The van der Waals surface area contributed by atoms with Gasteiger partial charge in [0.05, 0.1) is 46.4 Å². The van der Waals surface area contributed by atoms with Gasteiger partial charge in [0, 0.05) is 23.9 Å². The topological polar surface area (TPSA) is 108 Å². The van der Waals surface area contributed by atoms with Gasteiger partial charge in [-0.2, -0.15) is 0 Å². The van der Waals surface area contributed by atoms with Crippen molar-refractivity contribution in [3.8, 4) is 22.2 Å². The summed E-state index contributed by atoms with van der Waals surface area (Å²) in [6.07, 6.45) is 3.37. The summed E-state index contributed by atoms with van der Waals surface area (Å²) in [5, 5.41) is 3.26. The van der Waals surface area contributed by atoms with E-state index in [-0.39, 0.29) is 12.4 Å². The average molecular weight is 520 g/mol. The van der Waals surface area contributed by atoms with Crippen molar-refractivity contribution in [2.24, 2.45) is 0 Å². The number of hydrogen-bond donors (Lipinski definition) is 1. The minimum Gasteiger partial charge on any atom is -0.487 e. The molecule has 11 heteroatoms. The number of hydrogen-bond acceptors (Lipinski definition) is 9. The number of ether oxygens (including phenoxy) is 3. The van der Waals surface area contributed by atoms with Crippen molar-refractivity contribution in [3.05, 3.63) is 66.4 Å². The molecule has 0 aliphatic rings. The molecule has 0 radical (unpaired) electrons. The van der Waals surface area contributed by atoms with Crippen LogP contribution in [0.2, 0.25) is 0 Å². The molecule has 37 heavy (non-hydrogen) atoms. The van der Waals surface area contributed by atoms with E-state index in [1.807, 2.05) is 19.1 Å². The van der Waals surface area contributed by atoms with Crippen LogP contribution in [0.5, 0.6) is 11.6 Å². The molecule has 0 aliphatic carbocycles.